The summed E-state index contributed by atoms with van der Waals surface area (Å²) in [7, 11) is 1.26. The Morgan fingerprint density at radius 3 is 2.31 bits per heavy atom. The first-order valence-corrected chi connectivity index (χ1v) is 11.7. The molecule has 0 aliphatic carbocycles. The zero-order valence-electron chi connectivity index (χ0n) is 21.0. The first kappa shape index (κ1) is 26.7. The van der Waals surface area contributed by atoms with Gasteiger partial charge in [-0.25, -0.2) is 0 Å². The van der Waals surface area contributed by atoms with Gasteiger partial charge < -0.3 is 24.8 Å². The molecule has 2 N–H and O–H groups in total. The summed E-state index contributed by atoms with van der Waals surface area (Å²) in [6.45, 7) is 5.88. The Kier molecular flexibility index (Phi) is 8.34. The third-order valence-corrected chi connectivity index (χ3v) is 5.69. The standard InChI is InChI=1S/C27H32N2O7/c1-27(2,3)36-24(31)14-17-8-10-18(11-9-17)16-35-22-7-5-6-19-20(22)15-29(26(19)33)21(25(28)32)12-13-23(30)34-4/h5-11,21H,12-16H2,1-4H3,(H2,28,32). The van der Waals surface area contributed by atoms with Crippen molar-refractivity contribution in [2.45, 2.75) is 64.8 Å². The zero-order valence-corrected chi connectivity index (χ0v) is 21.0. The fraction of sp³-hybridized carbons (Fsp3) is 0.407. The number of primary amides is 1. The van der Waals surface area contributed by atoms with Gasteiger partial charge in [-0.2, -0.15) is 0 Å². The lowest BCUT2D eigenvalue weighted by Gasteiger charge is -2.24. The van der Waals surface area contributed by atoms with Gasteiger partial charge in [-0.1, -0.05) is 30.3 Å². The van der Waals surface area contributed by atoms with Gasteiger partial charge in [0.15, 0.2) is 0 Å². The fourth-order valence-electron chi connectivity index (χ4n) is 3.98. The molecule has 3 rings (SSSR count). The van der Waals surface area contributed by atoms with E-state index >= 15 is 0 Å². The summed E-state index contributed by atoms with van der Waals surface area (Å²) in [5.74, 6) is -1.27. The summed E-state index contributed by atoms with van der Waals surface area (Å²) in [6.07, 6.45) is 0.227. The molecule has 0 saturated heterocycles. The van der Waals surface area contributed by atoms with Crippen molar-refractivity contribution in [2.75, 3.05) is 7.11 Å². The zero-order chi connectivity index (χ0) is 26.5. The third kappa shape index (κ3) is 6.84. The van der Waals surface area contributed by atoms with Gasteiger partial charge in [0.1, 0.15) is 24.0 Å². The van der Waals surface area contributed by atoms with Crippen molar-refractivity contribution in [3.05, 3.63) is 64.7 Å². The van der Waals surface area contributed by atoms with Gasteiger partial charge in [0.25, 0.3) is 5.91 Å². The maximum Gasteiger partial charge on any atom is 0.310 e. The summed E-state index contributed by atoms with van der Waals surface area (Å²) >= 11 is 0. The summed E-state index contributed by atoms with van der Waals surface area (Å²) in [5, 5.41) is 0. The molecule has 1 aliphatic rings. The molecule has 2 aromatic carbocycles. The van der Waals surface area contributed by atoms with Gasteiger partial charge in [0.2, 0.25) is 5.91 Å². The molecular formula is C27H32N2O7. The number of rotatable bonds is 10. The molecule has 0 fully saturated rings. The Hall–Kier alpha value is -3.88. The van der Waals surface area contributed by atoms with E-state index in [0.717, 1.165) is 11.1 Å². The summed E-state index contributed by atoms with van der Waals surface area (Å²) < 4.78 is 16.0. The number of benzene rings is 2. The lowest BCUT2D eigenvalue weighted by molar-refractivity contribution is -0.154. The number of amides is 2. The molecule has 0 radical (unpaired) electrons. The molecule has 1 unspecified atom stereocenters. The van der Waals surface area contributed by atoms with E-state index in [1.54, 1.807) is 18.2 Å². The van der Waals surface area contributed by atoms with Gasteiger partial charge >= 0.3 is 11.9 Å². The van der Waals surface area contributed by atoms with Crippen LogP contribution in [-0.4, -0.2) is 47.4 Å². The van der Waals surface area contributed by atoms with Crippen LogP contribution in [-0.2, 0) is 43.4 Å². The SMILES string of the molecule is COC(=O)CCC(C(N)=O)N1Cc2c(OCc3ccc(CC(=O)OC(C)(C)C)cc3)cccc2C1=O. The number of nitrogens with two attached hydrogens (primary N) is 1. The van der Waals surface area contributed by atoms with Crippen molar-refractivity contribution in [3.63, 3.8) is 0 Å². The van der Waals surface area contributed by atoms with Crippen molar-refractivity contribution < 1.29 is 33.4 Å². The highest BCUT2D eigenvalue weighted by molar-refractivity contribution is 6.01. The van der Waals surface area contributed by atoms with E-state index in [-0.39, 0.29) is 44.3 Å². The van der Waals surface area contributed by atoms with Crippen LogP contribution in [0.2, 0.25) is 0 Å². The largest absolute Gasteiger partial charge is 0.489 e. The summed E-state index contributed by atoms with van der Waals surface area (Å²) in [6, 6.07) is 11.7. The fourth-order valence-corrected chi connectivity index (χ4v) is 3.98. The van der Waals surface area contributed by atoms with Gasteiger partial charge in [-0.15, -0.1) is 0 Å². The van der Waals surface area contributed by atoms with E-state index in [4.69, 9.17) is 15.2 Å². The number of carbonyl (C=O) groups excluding carboxylic acids is 4. The second-order valence-electron chi connectivity index (χ2n) is 9.62. The molecule has 2 aromatic rings. The van der Waals surface area contributed by atoms with Crippen LogP contribution in [0.25, 0.3) is 0 Å². The van der Waals surface area contributed by atoms with E-state index in [1.807, 2.05) is 45.0 Å². The number of fused-ring (bicyclic) bond motifs is 1. The number of hydrogen-bond acceptors (Lipinski definition) is 7. The van der Waals surface area contributed by atoms with Crippen molar-refractivity contribution in [1.82, 2.24) is 4.90 Å². The molecule has 0 spiro atoms. The van der Waals surface area contributed by atoms with Crippen LogP contribution >= 0.6 is 0 Å². The van der Waals surface area contributed by atoms with Crippen molar-refractivity contribution in [2.24, 2.45) is 5.73 Å². The number of nitrogens with zero attached hydrogens (tertiary/aromatic N) is 1. The minimum absolute atomic E-state index is 0.0302. The predicted molar refractivity (Wildman–Crippen MR) is 131 cm³/mol. The molecule has 0 bridgehead atoms. The van der Waals surface area contributed by atoms with E-state index in [0.29, 0.717) is 16.9 Å². The smallest absolute Gasteiger partial charge is 0.310 e. The monoisotopic (exact) mass is 496 g/mol. The van der Waals surface area contributed by atoms with Crippen LogP contribution in [0.15, 0.2) is 42.5 Å². The molecule has 1 atom stereocenters. The van der Waals surface area contributed by atoms with E-state index < -0.39 is 23.5 Å². The summed E-state index contributed by atoms with van der Waals surface area (Å²) in [5.41, 5.74) is 7.82. The predicted octanol–water partition coefficient (Wildman–Crippen LogP) is 2.91. The van der Waals surface area contributed by atoms with Crippen LogP contribution in [0.5, 0.6) is 5.75 Å². The second kappa shape index (κ2) is 11.2. The molecule has 1 heterocycles. The molecule has 1 aliphatic heterocycles. The van der Waals surface area contributed by atoms with Gasteiger partial charge in [-0.3, -0.25) is 19.2 Å². The van der Waals surface area contributed by atoms with E-state index in [9.17, 15) is 19.2 Å². The number of hydrogen-bond donors (Lipinski definition) is 1. The highest BCUT2D eigenvalue weighted by atomic mass is 16.6. The molecule has 9 heteroatoms. The number of methoxy groups -OCH3 is 1. The topological polar surface area (TPSA) is 125 Å². The maximum absolute atomic E-state index is 13.0. The highest BCUT2D eigenvalue weighted by Gasteiger charge is 2.37. The molecular weight excluding hydrogens is 464 g/mol. The van der Waals surface area contributed by atoms with Crippen LogP contribution < -0.4 is 10.5 Å². The Morgan fingerprint density at radius 2 is 1.69 bits per heavy atom. The van der Waals surface area contributed by atoms with Gasteiger partial charge in [-0.05, 0) is 50.5 Å². The quantitative estimate of drug-likeness (QED) is 0.501. The van der Waals surface area contributed by atoms with Crippen molar-refractivity contribution in [3.8, 4) is 5.75 Å². The Morgan fingerprint density at radius 1 is 1.03 bits per heavy atom. The van der Waals surface area contributed by atoms with Crippen LogP contribution in [0, 0.1) is 0 Å². The highest BCUT2D eigenvalue weighted by Crippen LogP contribution is 2.33. The molecule has 0 aromatic heterocycles. The van der Waals surface area contributed by atoms with E-state index in [1.165, 1.54) is 12.0 Å². The second-order valence-corrected chi connectivity index (χ2v) is 9.62. The molecule has 36 heavy (non-hydrogen) atoms. The first-order valence-electron chi connectivity index (χ1n) is 11.7. The Labute approximate surface area is 210 Å². The first-order chi connectivity index (χ1) is 17.0. The average Bonchev–Trinajstić information content (AvgIpc) is 3.14. The number of ether oxygens (including phenoxy) is 3. The molecule has 192 valence electrons. The van der Waals surface area contributed by atoms with Crippen molar-refractivity contribution in [1.29, 1.82) is 0 Å². The minimum atomic E-state index is -0.936. The third-order valence-electron chi connectivity index (χ3n) is 5.69. The van der Waals surface area contributed by atoms with Crippen LogP contribution in [0.3, 0.4) is 0 Å². The van der Waals surface area contributed by atoms with E-state index in [2.05, 4.69) is 4.74 Å². The minimum Gasteiger partial charge on any atom is -0.489 e. The molecule has 2 amide bonds. The average molecular weight is 497 g/mol. The lowest BCUT2D eigenvalue weighted by Crippen LogP contribution is -2.45. The molecule has 0 saturated carbocycles. The van der Waals surface area contributed by atoms with Gasteiger partial charge in [0, 0.05) is 17.5 Å². The van der Waals surface area contributed by atoms with Crippen LogP contribution in [0.1, 0.15) is 60.7 Å². The van der Waals surface area contributed by atoms with Crippen molar-refractivity contribution >= 4 is 23.8 Å². The maximum atomic E-state index is 13.0. The Balaban J connectivity index is 1.66. The normalized spacial score (nSPS) is 13.7. The van der Waals surface area contributed by atoms with Crippen LogP contribution in [0.4, 0.5) is 0 Å². The van der Waals surface area contributed by atoms with Gasteiger partial charge in [0.05, 0.1) is 20.1 Å². The number of carbonyl (C=O) groups is 4. The number of esters is 2. The lowest BCUT2D eigenvalue weighted by atomic mass is 10.1. The molecule has 9 nitrogen and oxygen atoms in total. The Bertz CT molecular complexity index is 1140. The summed E-state index contributed by atoms with van der Waals surface area (Å²) in [4.78, 5) is 50.0.